The van der Waals surface area contributed by atoms with Crippen molar-refractivity contribution < 1.29 is 0 Å². The first-order valence-corrected chi connectivity index (χ1v) is 7.83. The smallest absolute Gasteiger partial charge is 0.0107 e. The van der Waals surface area contributed by atoms with Crippen LogP contribution in [0.5, 0.6) is 0 Å². The molecule has 0 spiro atoms. The normalized spacial score (nSPS) is 52.0. The van der Waals surface area contributed by atoms with E-state index < -0.39 is 0 Å². The predicted molar refractivity (Wildman–Crippen MR) is 70.7 cm³/mol. The number of fused-ring (bicyclic) bond motifs is 5. The van der Waals surface area contributed by atoms with Crippen LogP contribution in [0.3, 0.4) is 0 Å². The minimum Gasteiger partial charge on any atom is -0.311 e. The molecule has 4 rings (SSSR count). The Morgan fingerprint density at radius 2 is 1.82 bits per heavy atom. The molecule has 0 radical (unpaired) electrons. The van der Waals surface area contributed by atoms with Gasteiger partial charge >= 0.3 is 0 Å². The van der Waals surface area contributed by atoms with E-state index in [1.54, 1.807) is 19.3 Å². The zero-order valence-electron chi connectivity index (χ0n) is 10.8. The van der Waals surface area contributed by atoms with Gasteiger partial charge in [-0.05, 0) is 68.6 Å². The van der Waals surface area contributed by atoms with Gasteiger partial charge in [-0.25, -0.2) is 0 Å². The average molecular weight is 231 g/mol. The number of hydrogen-bond acceptors (Lipinski definition) is 1. The molecule has 0 amide bonds. The van der Waals surface area contributed by atoms with Gasteiger partial charge in [0.05, 0.1) is 0 Å². The van der Waals surface area contributed by atoms with Gasteiger partial charge in [0, 0.05) is 12.1 Å². The summed E-state index contributed by atoms with van der Waals surface area (Å²) < 4.78 is 0. The van der Waals surface area contributed by atoms with E-state index in [0.29, 0.717) is 0 Å². The molecular formula is C16H25N. The Hall–Kier alpha value is -0.300. The molecule has 4 aliphatic rings. The van der Waals surface area contributed by atoms with E-state index in [-0.39, 0.29) is 0 Å². The van der Waals surface area contributed by atoms with Crippen molar-refractivity contribution in [3.05, 3.63) is 12.2 Å². The van der Waals surface area contributed by atoms with Crippen LogP contribution in [0.15, 0.2) is 12.2 Å². The van der Waals surface area contributed by atoms with Gasteiger partial charge in [0.15, 0.2) is 0 Å². The highest BCUT2D eigenvalue weighted by molar-refractivity contribution is 5.06. The van der Waals surface area contributed by atoms with E-state index in [9.17, 15) is 0 Å². The van der Waals surface area contributed by atoms with Crippen LogP contribution in [0.25, 0.3) is 0 Å². The summed E-state index contributed by atoms with van der Waals surface area (Å²) in [4.78, 5) is 0. The lowest BCUT2D eigenvalue weighted by Gasteiger charge is -2.35. The Kier molecular flexibility index (Phi) is 2.57. The lowest BCUT2D eigenvalue weighted by atomic mass is 9.78. The maximum absolute atomic E-state index is 4.01. The second-order valence-corrected chi connectivity index (χ2v) is 6.91. The number of nitrogens with one attached hydrogen (secondary N) is 1. The fraction of sp³-hybridized carbons (Fsp3) is 0.875. The van der Waals surface area contributed by atoms with Gasteiger partial charge in [-0.1, -0.05) is 18.6 Å². The Morgan fingerprint density at radius 1 is 0.882 bits per heavy atom. The van der Waals surface area contributed by atoms with Gasteiger partial charge in [-0.3, -0.25) is 0 Å². The largest absolute Gasteiger partial charge is 0.311 e. The minimum atomic E-state index is 0.796. The molecule has 0 aliphatic heterocycles. The molecule has 94 valence electrons. The zero-order chi connectivity index (χ0) is 11.2. The summed E-state index contributed by atoms with van der Waals surface area (Å²) in [6.45, 7) is 0. The topological polar surface area (TPSA) is 12.0 Å². The molecule has 4 aliphatic carbocycles. The summed E-state index contributed by atoms with van der Waals surface area (Å²) in [6.07, 6.45) is 16.4. The number of allylic oxidation sites excluding steroid dienone is 1. The summed E-state index contributed by atoms with van der Waals surface area (Å²) in [5.41, 5.74) is 0. The van der Waals surface area contributed by atoms with Crippen molar-refractivity contribution in [3.8, 4) is 0 Å². The lowest BCUT2D eigenvalue weighted by Crippen LogP contribution is -2.44. The molecule has 17 heavy (non-hydrogen) atoms. The van der Waals surface area contributed by atoms with Gasteiger partial charge in [0.2, 0.25) is 0 Å². The third-order valence-corrected chi connectivity index (χ3v) is 6.15. The molecule has 0 aromatic carbocycles. The Balaban J connectivity index is 1.42. The minimum absolute atomic E-state index is 0.796. The first-order valence-electron chi connectivity index (χ1n) is 7.83. The monoisotopic (exact) mass is 231 g/mol. The van der Waals surface area contributed by atoms with Crippen LogP contribution >= 0.6 is 0 Å². The van der Waals surface area contributed by atoms with E-state index in [1.165, 1.54) is 32.1 Å². The molecule has 0 aromatic rings. The van der Waals surface area contributed by atoms with Crippen LogP contribution in [0, 0.1) is 23.7 Å². The van der Waals surface area contributed by atoms with Crippen LogP contribution < -0.4 is 5.32 Å². The fourth-order valence-corrected chi connectivity index (χ4v) is 5.51. The molecule has 6 unspecified atom stereocenters. The summed E-state index contributed by atoms with van der Waals surface area (Å²) in [7, 11) is 0. The summed E-state index contributed by atoms with van der Waals surface area (Å²) in [5, 5.41) is 4.01. The van der Waals surface area contributed by atoms with Crippen molar-refractivity contribution in [2.24, 2.45) is 23.7 Å². The molecule has 1 heteroatoms. The van der Waals surface area contributed by atoms with Gasteiger partial charge in [0.1, 0.15) is 0 Å². The van der Waals surface area contributed by atoms with Crippen LogP contribution in [-0.2, 0) is 0 Å². The highest BCUT2D eigenvalue weighted by Gasteiger charge is 2.53. The molecular weight excluding hydrogens is 206 g/mol. The standard InChI is InChI=1S/C16H25N/c1-2-5-12(6-3-1)17-16-10-11-9-15(16)14-8-4-7-13(11)14/h1-2,11-17H,3-10H2. The Bertz CT molecular complexity index is 321. The first-order chi connectivity index (χ1) is 8.42. The van der Waals surface area contributed by atoms with Crippen molar-refractivity contribution in [3.63, 3.8) is 0 Å². The van der Waals surface area contributed by atoms with Gasteiger partial charge in [-0.2, -0.15) is 0 Å². The predicted octanol–water partition coefficient (Wildman–Crippen LogP) is 3.51. The Labute approximate surface area is 105 Å². The average Bonchev–Trinajstić information content (AvgIpc) is 3.01. The van der Waals surface area contributed by atoms with Crippen molar-refractivity contribution >= 4 is 0 Å². The molecule has 1 nitrogen and oxygen atoms in total. The second-order valence-electron chi connectivity index (χ2n) is 6.91. The lowest BCUT2D eigenvalue weighted by molar-refractivity contribution is 0.195. The molecule has 0 aromatic heterocycles. The van der Waals surface area contributed by atoms with E-state index in [2.05, 4.69) is 17.5 Å². The van der Waals surface area contributed by atoms with E-state index in [0.717, 1.165) is 35.8 Å². The van der Waals surface area contributed by atoms with Gasteiger partial charge in [0.25, 0.3) is 0 Å². The number of rotatable bonds is 2. The SMILES string of the molecule is C1=CCC(NC2CC3CC2C2CCCC32)CC1. The maximum atomic E-state index is 4.01. The quantitative estimate of drug-likeness (QED) is 0.717. The molecule has 3 saturated carbocycles. The van der Waals surface area contributed by atoms with Crippen LogP contribution in [0.1, 0.15) is 51.4 Å². The van der Waals surface area contributed by atoms with Crippen LogP contribution in [0.4, 0.5) is 0 Å². The Morgan fingerprint density at radius 3 is 2.71 bits per heavy atom. The molecule has 2 bridgehead atoms. The molecule has 0 heterocycles. The van der Waals surface area contributed by atoms with Crippen molar-refractivity contribution in [2.45, 2.75) is 63.5 Å². The van der Waals surface area contributed by atoms with Crippen LogP contribution in [-0.4, -0.2) is 12.1 Å². The zero-order valence-corrected chi connectivity index (χ0v) is 10.8. The van der Waals surface area contributed by atoms with E-state index >= 15 is 0 Å². The van der Waals surface area contributed by atoms with Crippen molar-refractivity contribution in [1.82, 2.24) is 5.32 Å². The summed E-state index contributed by atoms with van der Waals surface area (Å²) in [5.74, 6) is 4.41. The highest BCUT2D eigenvalue weighted by atomic mass is 15.0. The third-order valence-electron chi connectivity index (χ3n) is 6.15. The first kappa shape index (κ1) is 10.6. The highest BCUT2D eigenvalue weighted by Crippen LogP contribution is 2.58. The third kappa shape index (κ3) is 1.69. The molecule has 3 fully saturated rings. The van der Waals surface area contributed by atoms with Gasteiger partial charge < -0.3 is 5.32 Å². The summed E-state index contributed by atoms with van der Waals surface area (Å²) in [6, 6.07) is 1.68. The summed E-state index contributed by atoms with van der Waals surface area (Å²) >= 11 is 0. The van der Waals surface area contributed by atoms with E-state index in [4.69, 9.17) is 0 Å². The van der Waals surface area contributed by atoms with Crippen molar-refractivity contribution in [1.29, 1.82) is 0 Å². The van der Waals surface area contributed by atoms with Crippen molar-refractivity contribution in [2.75, 3.05) is 0 Å². The molecule has 1 N–H and O–H groups in total. The van der Waals surface area contributed by atoms with Gasteiger partial charge in [-0.15, -0.1) is 0 Å². The van der Waals surface area contributed by atoms with Crippen LogP contribution in [0.2, 0.25) is 0 Å². The van der Waals surface area contributed by atoms with E-state index in [1.807, 2.05) is 0 Å². The molecule has 0 saturated heterocycles. The fourth-order valence-electron chi connectivity index (χ4n) is 5.51. The molecule has 6 atom stereocenters. The maximum Gasteiger partial charge on any atom is 0.0107 e. The second kappa shape index (κ2) is 4.12. The number of hydrogen-bond donors (Lipinski definition) is 1.